The van der Waals surface area contributed by atoms with Gasteiger partial charge in [-0.1, -0.05) is 43.2 Å². The molecule has 0 fully saturated rings. The summed E-state index contributed by atoms with van der Waals surface area (Å²) in [7, 11) is 0. The van der Waals surface area contributed by atoms with E-state index in [1.54, 1.807) is 6.92 Å². The van der Waals surface area contributed by atoms with Gasteiger partial charge >= 0.3 is 12.0 Å². The van der Waals surface area contributed by atoms with Crippen LogP contribution in [0.15, 0.2) is 35.5 Å². The molecule has 0 spiro atoms. The summed E-state index contributed by atoms with van der Waals surface area (Å²) < 4.78 is 5.31. The molecule has 1 aromatic rings. The number of benzene rings is 1. The first-order chi connectivity index (χ1) is 10.5. The summed E-state index contributed by atoms with van der Waals surface area (Å²) in [6.45, 7) is 6.14. The van der Waals surface area contributed by atoms with Crippen LogP contribution < -0.4 is 10.6 Å². The van der Waals surface area contributed by atoms with Gasteiger partial charge in [0.1, 0.15) is 0 Å². The molecule has 0 saturated heterocycles. The second-order valence-electron chi connectivity index (χ2n) is 5.47. The van der Waals surface area contributed by atoms with Crippen LogP contribution in [0, 0.1) is 6.92 Å². The number of amides is 2. The molecule has 2 N–H and O–H groups in total. The van der Waals surface area contributed by atoms with Gasteiger partial charge in [-0.2, -0.15) is 0 Å². The van der Waals surface area contributed by atoms with Gasteiger partial charge in [0.2, 0.25) is 0 Å². The third-order valence-corrected chi connectivity index (χ3v) is 3.63. The molecule has 5 heteroatoms. The highest BCUT2D eigenvalue weighted by Crippen LogP contribution is 2.27. The molecule has 1 aliphatic rings. The number of hydrogen-bond acceptors (Lipinski definition) is 3. The molecule has 5 nitrogen and oxygen atoms in total. The fraction of sp³-hybridized carbons (Fsp3) is 0.412. The summed E-state index contributed by atoms with van der Waals surface area (Å²) >= 11 is 0. The van der Waals surface area contributed by atoms with Gasteiger partial charge in [-0.25, -0.2) is 9.59 Å². The van der Waals surface area contributed by atoms with E-state index in [4.69, 9.17) is 4.74 Å². The van der Waals surface area contributed by atoms with Crippen molar-refractivity contribution in [3.8, 4) is 0 Å². The molecule has 1 heterocycles. The van der Waals surface area contributed by atoms with Crippen molar-refractivity contribution in [3.05, 3.63) is 46.7 Å². The van der Waals surface area contributed by atoms with Crippen molar-refractivity contribution in [3.63, 3.8) is 0 Å². The molecular weight excluding hydrogens is 280 g/mol. The number of urea groups is 1. The van der Waals surface area contributed by atoms with Gasteiger partial charge in [0.05, 0.1) is 18.2 Å². The molecule has 1 atom stereocenters. The van der Waals surface area contributed by atoms with Gasteiger partial charge in [0, 0.05) is 5.70 Å². The summed E-state index contributed by atoms with van der Waals surface area (Å²) in [6.07, 6.45) is 1.79. The second-order valence-corrected chi connectivity index (χ2v) is 5.47. The zero-order valence-electron chi connectivity index (χ0n) is 13.2. The van der Waals surface area contributed by atoms with E-state index in [1.165, 1.54) is 0 Å². The number of ether oxygens (including phenoxy) is 1. The number of esters is 1. The Balaban J connectivity index is 2.28. The predicted octanol–water partition coefficient (Wildman–Crippen LogP) is 2.97. The molecular formula is C17H22N2O3. The Hall–Kier alpha value is -2.30. The van der Waals surface area contributed by atoms with E-state index in [1.807, 2.05) is 38.1 Å². The first kappa shape index (κ1) is 16.1. The van der Waals surface area contributed by atoms with Gasteiger partial charge in [0.25, 0.3) is 0 Å². The molecule has 0 bridgehead atoms. The van der Waals surface area contributed by atoms with Crippen LogP contribution in [0.25, 0.3) is 0 Å². The smallest absolute Gasteiger partial charge is 0.338 e. The lowest BCUT2D eigenvalue weighted by atomic mass is 9.95. The Labute approximate surface area is 130 Å². The minimum absolute atomic E-state index is 0.312. The summed E-state index contributed by atoms with van der Waals surface area (Å²) in [4.78, 5) is 24.1. The highest BCUT2D eigenvalue weighted by molar-refractivity contribution is 5.95. The molecule has 1 aliphatic heterocycles. The molecule has 2 amide bonds. The van der Waals surface area contributed by atoms with E-state index < -0.39 is 6.04 Å². The SMILES string of the molecule is CCCCOC(=O)C1=C(C)NC(=O)N[C@H]1c1ccc(C)cc1. The van der Waals surface area contributed by atoms with E-state index in [-0.39, 0.29) is 12.0 Å². The number of rotatable bonds is 5. The number of carbonyl (C=O) groups is 2. The minimum atomic E-state index is -0.483. The van der Waals surface area contributed by atoms with Crippen molar-refractivity contribution in [2.24, 2.45) is 0 Å². The van der Waals surface area contributed by atoms with Crippen LogP contribution in [0.1, 0.15) is 43.9 Å². The highest BCUT2D eigenvalue weighted by Gasteiger charge is 2.31. The monoisotopic (exact) mass is 302 g/mol. The van der Waals surface area contributed by atoms with E-state index in [9.17, 15) is 9.59 Å². The van der Waals surface area contributed by atoms with Crippen molar-refractivity contribution in [1.29, 1.82) is 0 Å². The van der Waals surface area contributed by atoms with Crippen LogP contribution in [0.2, 0.25) is 0 Å². The summed E-state index contributed by atoms with van der Waals surface area (Å²) in [6, 6.07) is 6.95. The number of unbranched alkanes of at least 4 members (excludes halogenated alkanes) is 1. The van der Waals surface area contributed by atoms with Crippen molar-refractivity contribution in [2.45, 2.75) is 39.7 Å². The van der Waals surface area contributed by atoms with Gasteiger partial charge in [-0.05, 0) is 25.8 Å². The predicted molar refractivity (Wildman–Crippen MR) is 84.2 cm³/mol. The Morgan fingerprint density at radius 3 is 2.55 bits per heavy atom. The second kappa shape index (κ2) is 7.11. The number of allylic oxidation sites excluding steroid dienone is 1. The Kier molecular flexibility index (Phi) is 5.20. The molecule has 0 aromatic heterocycles. The zero-order chi connectivity index (χ0) is 16.1. The van der Waals surface area contributed by atoms with E-state index in [2.05, 4.69) is 10.6 Å². The van der Waals surface area contributed by atoms with Crippen LogP contribution in [0.4, 0.5) is 4.79 Å². The summed E-state index contributed by atoms with van der Waals surface area (Å²) in [5, 5.41) is 5.44. The maximum Gasteiger partial charge on any atom is 0.338 e. The van der Waals surface area contributed by atoms with Crippen molar-refractivity contribution >= 4 is 12.0 Å². The molecule has 118 valence electrons. The Morgan fingerprint density at radius 2 is 1.91 bits per heavy atom. The van der Waals surface area contributed by atoms with Crippen LogP contribution in [0.5, 0.6) is 0 Å². The summed E-state index contributed by atoms with van der Waals surface area (Å²) in [5.74, 6) is -0.385. The maximum atomic E-state index is 12.4. The number of nitrogens with one attached hydrogen (secondary N) is 2. The molecule has 0 unspecified atom stereocenters. The average Bonchev–Trinajstić information content (AvgIpc) is 2.47. The number of carbonyl (C=O) groups excluding carboxylic acids is 2. The summed E-state index contributed by atoms with van der Waals surface area (Å²) in [5.41, 5.74) is 2.98. The normalized spacial score (nSPS) is 17.8. The molecule has 0 saturated carbocycles. The first-order valence-corrected chi connectivity index (χ1v) is 7.55. The Bertz CT molecular complexity index is 590. The lowest BCUT2D eigenvalue weighted by molar-refractivity contribution is -0.139. The highest BCUT2D eigenvalue weighted by atomic mass is 16.5. The zero-order valence-corrected chi connectivity index (χ0v) is 13.2. The fourth-order valence-corrected chi connectivity index (χ4v) is 2.36. The first-order valence-electron chi connectivity index (χ1n) is 7.55. The van der Waals surface area contributed by atoms with Crippen LogP contribution >= 0.6 is 0 Å². The third kappa shape index (κ3) is 3.67. The minimum Gasteiger partial charge on any atom is -0.462 e. The van der Waals surface area contributed by atoms with Crippen LogP contribution in [-0.2, 0) is 9.53 Å². The number of aryl methyl sites for hydroxylation is 1. The average molecular weight is 302 g/mol. The van der Waals surface area contributed by atoms with Crippen molar-refractivity contribution < 1.29 is 14.3 Å². The fourth-order valence-electron chi connectivity index (χ4n) is 2.36. The molecule has 22 heavy (non-hydrogen) atoms. The largest absolute Gasteiger partial charge is 0.462 e. The standard InChI is InChI=1S/C17H22N2O3/c1-4-5-10-22-16(20)14-12(3)18-17(21)19-15(14)13-8-6-11(2)7-9-13/h6-9,15H,4-5,10H2,1-3H3,(H2,18,19,21)/t15-/m0/s1. The maximum absolute atomic E-state index is 12.4. The van der Waals surface area contributed by atoms with E-state index in [0.717, 1.165) is 24.0 Å². The lowest BCUT2D eigenvalue weighted by Crippen LogP contribution is -2.45. The van der Waals surface area contributed by atoms with Crippen LogP contribution in [0.3, 0.4) is 0 Å². The molecule has 0 radical (unpaired) electrons. The van der Waals surface area contributed by atoms with Gasteiger partial charge in [-0.3, -0.25) is 0 Å². The van der Waals surface area contributed by atoms with E-state index in [0.29, 0.717) is 17.9 Å². The van der Waals surface area contributed by atoms with Crippen molar-refractivity contribution in [2.75, 3.05) is 6.61 Å². The van der Waals surface area contributed by atoms with Gasteiger partial charge in [-0.15, -0.1) is 0 Å². The number of hydrogen-bond donors (Lipinski definition) is 2. The topological polar surface area (TPSA) is 67.4 Å². The molecule has 0 aliphatic carbocycles. The lowest BCUT2D eigenvalue weighted by Gasteiger charge is -2.28. The van der Waals surface area contributed by atoms with Crippen LogP contribution in [-0.4, -0.2) is 18.6 Å². The van der Waals surface area contributed by atoms with Crippen molar-refractivity contribution in [1.82, 2.24) is 10.6 Å². The molecule has 2 rings (SSSR count). The molecule has 1 aromatic carbocycles. The van der Waals surface area contributed by atoms with E-state index >= 15 is 0 Å². The Morgan fingerprint density at radius 1 is 1.23 bits per heavy atom. The van der Waals surface area contributed by atoms with Gasteiger partial charge in [0.15, 0.2) is 0 Å². The quantitative estimate of drug-likeness (QED) is 0.649. The van der Waals surface area contributed by atoms with Gasteiger partial charge < -0.3 is 15.4 Å². The third-order valence-electron chi connectivity index (χ3n) is 3.63.